The van der Waals surface area contributed by atoms with Gasteiger partial charge in [0.05, 0.1) is 0 Å². The molecule has 0 atom stereocenters. The van der Waals surface area contributed by atoms with Gasteiger partial charge in [-0.05, 0) is 30.3 Å². The normalized spacial score (nSPS) is 19.7. The van der Waals surface area contributed by atoms with Crippen LogP contribution >= 0.6 is 0 Å². The zero-order valence-electron chi connectivity index (χ0n) is 8.69. The van der Waals surface area contributed by atoms with Crippen molar-refractivity contribution in [1.82, 2.24) is 0 Å². The first-order valence-corrected chi connectivity index (χ1v) is 4.93. The smallest absolute Gasteiger partial charge is 0.0270 e. The van der Waals surface area contributed by atoms with E-state index in [1.807, 2.05) is 6.08 Å². The lowest BCUT2D eigenvalue weighted by Crippen LogP contribution is -2.14. The van der Waals surface area contributed by atoms with E-state index in [1.165, 1.54) is 18.4 Å². The van der Waals surface area contributed by atoms with Gasteiger partial charge in [-0.25, -0.2) is 0 Å². The van der Waals surface area contributed by atoms with Gasteiger partial charge < -0.3 is 0 Å². The molecule has 0 spiro atoms. The van der Waals surface area contributed by atoms with Crippen molar-refractivity contribution in [3.05, 3.63) is 24.3 Å². The molecule has 0 saturated heterocycles. The Morgan fingerprint density at radius 2 is 2.38 bits per heavy atom. The lowest BCUT2D eigenvalue weighted by Gasteiger charge is -2.27. The summed E-state index contributed by atoms with van der Waals surface area (Å²) in [5.41, 5.74) is 1.77. The van der Waals surface area contributed by atoms with E-state index in [1.54, 1.807) is 0 Å². The summed E-state index contributed by atoms with van der Waals surface area (Å²) in [5.74, 6) is 6.32. The van der Waals surface area contributed by atoms with Gasteiger partial charge in [0.25, 0.3) is 0 Å². The molecule has 0 aliphatic heterocycles. The number of rotatable bonds is 1. The van der Waals surface area contributed by atoms with Gasteiger partial charge >= 0.3 is 0 Å². The van der Waals surface area contributed by atoms with Crippen LogP contribution in [0.3, 0.4) is 0 Å². The average Bonchev–Trinajstić information content (AvgIpc) is 2.03. The topological polar surface area (TPSA) is 0 Å². The SMILES string of the molecule is C=CCC#CC1=CCCC(C)(C)C1. The summed E-state index contributed by atoms with van der Waals surface area (Å²) in [7, 11) is 0. The van der Waals surface area contributed by atoms with Crippen LogP contribution < -0.4 is 0 Å². The summed E-state index contributed by atoms with van der Waals surface area (Å²) < 4.78 is 0. The molecular formula is C13H18. The fourth-order valence-electron chi connectivity index (χ4n) is 1.65. The van der Waals surface area contributed by atoms with Crippen molar-refractivity contribution in [3.63, 3.8) is 0 Å². The molecule has 13 heavy (non-hydrogen) atoms. The highest BCUT2D eigenvalue weighted by Gasteiger charge is 2.21. The van der Waals surface area contributed by atoms with Crippen molar-refractivity contribution in [2.24, 2.45) is 5.41 Å². The molecule has 0 radical (unpaired) electrons. The molecule has 0 aromatic carbocycles. The van der Waals surface area contributed by atoms with Gasteiger partial charge in [0, 0.05) is 6.42 Å². The second kappa shape index (κ2) is 4.33. The quantitative estimate of drug-likeness (QED) is 0.420. The molecule has 0 heterocycles. The zero-order valence-corrected chi connectivity index (χ0v) is 8.69. The Bertz CT molecular complexity index is 268. The summed E-state index contributed by atoms with van der Waals surface area (Å²) in [5, 5.41) is 0. The molecule has 70 valence electrons. The summed E-state index contributed by atoms with van der Waals surface area (Å²) in [4.78, 5) is 0. The standard InChI is InChI=1S/C13H18/c1-4-5-6-8-12-9-7-10-13(2,3)11-12/h4,9H,1,5,7,10-11H2,2-3H3. The van der Waals surface area contributed by atoms with Gasteiger partial charge in [-0.1, -0.05) is 37.8 Å². The predicted molar refractivity (Wildman–Crippen MR) is 58.3 cm³/mol. The molecule has 0 nitrogen and oxygen atoms in total. The highest BCUT2D eigenvalue weighted by atomic mass is 14.3. The van der Waals surface area contributed by atoms with E-state index >= 15 is 0 Å². The van der Waals surface area contributed by atoms with Crippen LogP contribution in [-0.2, 0) is 0 Å². The summed E-state index contributed by atoms with van der Waals surface area (Å²) >= 11 is 0. The molecular weight excluding hydrogens is 156 g/mol. The molecule has 0 N–H and O–H groups in total. The maximum atomic E-state index is 3.65. The zero-order chi connectivity index (χ0) is 9.73. The van der Waals surface area contributed by atoms with Crippen LogP contribution in [0.5, 0.6) is 0 Å². The Hall–Kier alpha value is -0.960. The van der Waals surface area contributed by atoms with Gasteiger partial charge in [0.1, 0.15) is 0 Å². The van der Waals surface area contributed by atoms with Crippen molar-refractivity contribution in [2.45, 2.75) is 39.5 Å². The van der Waals surface area contributed by atoms with E-state index in [-0.39, 0.29) is 0 Å². The van der Waals surface area contributed by atoms with Crippen LogP contribution in [0.15, 0.2) is 24.3 Å². The van der Waals surface area contributed by atoms with E-state index in [4.69, 9.17) is 0 Å². The minimum atomic E-state index is 0.451. The Kier molecular flexibility index (Phi) is 3.37. The van der Waals surface area contributed by atoms with E-state index in [0.29, 0.717) is 5.41 Å². The van der Waals surface area contributed by atoms with E-state index in [2.05, 4.69) is 38.3 Å². The van der Waals surface area contributed by atoms with Crippen LogP contribution in [0, 0.1) is 17.3 Å². The van der Waals surface area contributed by atoms with E-state index in [9.17, 15) is 0 Å². The Morgan fingerprint density at radius 3 is 3.00 bits per heavy atom. The molecule has 0 saturated carbocycles. The number of hydrogen-bond donors (Lipinski definition) is 0. The summed E-state index contributed by atoms with van der Waals surface area (Å²) in [6.07, 6.45) is 8.54. The highest BCUT2D eigenvalue weighted by Crippen LogP contribution is 2.34. The van der Waals surface area contributed by atoms with E-state index in [0.717, 1.165) is 12.8 Å². The van der Waals surface area contributed by atoms with Gasteiger partial charge in [-0.3, -0.25) is 0 Å². The summed E-state index contributed by atoms with van der Waals surface area (Å²) in [6.45, 7) is 8.28. The predicted octanol–water partition coefficient (Wildman–Crippen LogP) is 3.70. The molecule has 0 bridgehead atoms. The van der Waals surface area contributed by atoms with Gasteiger partial charge in [-0.15, -0.1) is 6.58 Å². The van der Waals surface area contributed by atoms with Crippen LogP contribution in [-0.4, -0.2) is 0 Å². The molecule has 0 aromatic rings. The molecule has 0 fully saturated rings. The average molecular weight is 174 g/mol. The van der Waals surface area contributed by atoms with Crippen LogP contribution in [0.25, 0.3) is 0 Å². The Morgan fingerprint density at radius 1 is 1.62 bits per heavy atom. The number of allylic oxidation sites excluding steroid dienone is 3. The largest absolute Gasteiger partial charge is 0.102 e. The van der Waals surface area contributed by atoms with Crippen LogP contribution in [0.1, 0.15) is 39.5 Å². The first-order chi connectivity index (χ1) is 6.14. The van der Waals surface area contributed by atoms with Crippen molar-refractivity contribution < 1.29 is 0 Å². The van der Waals surface area contributed by atoms with Crippen molar-refractivity contribution in [2.75, 3.05) is 0 Å². The lowest BCUT2D eigenvalue weighted by molar-refractivity contribution is 0.325. The maximum Gasteiger partial charge on any atom is 0.0270 e. The highest BCUT2D eigenvalue weighted by molar-refractivity contribution is 5.31. The third-order valence-corrected chi connectivity index (χ3v) is 2.38. The molecule has 0 unspecified atom stereocenters. The minimum absolute atomic E-state index is 0.451. The third kappa shape index (κ3) is 3.51. The monoisotopic (exact) mass is 174 g/mol. The first-order valence-electron chi connectivity index (χ1n) is 4.93. The minimum Gasteiger partial charge on any atom is -0.102 e. The van der Waals surface area contributed by atoms with Gasteiger partial charge in [0.2, 0.25) is 0 Å². The molecule has 0 amide bonds. The Labute approximate surface area is 81.7 Å². The van der Waals surface area contributed by atoms with Crippen LogP contribution in [0.2, 0.25) is 0 Å². The van der Waals surface area contributed by atoms with Crippen molar-refractivity contribution >= 4 is 0 Å². The molecule has 0 aromatic heterocycles. The van der Waals surface area contributed by atoms with Crippen molar-refractivity contribution in [3.8, 4) is 11.8 Å². The number of hydrogen-bond acceptors (Lipinski definition) is 0. The molecule has 1 rings (SSSR count). The second-order valence-corrected chi connectivity index (χ2v) is 4.40. The second-order valence-electron chi connectivity index (χ2n) is 4.40. The fourth-order valence-corrected chi connectivity index (χ4v) is 1.65. The Balaban J connectivity index is 2.58. The molecule has 1 aliphatic rings. The van der Waals surface area contributed by atoms with E-state index < -0.39 is 0 Å². The van der Waals surface area contributed by atoms with Gasteiger partial charge in [-0.2, -0.15) is 0 Å². The van der Waals surface area contributed by atoms with Crippen LogP contribution in [0.4, 0.5) is 0 Å². The fraction of sp³-hybridized carbons (Fsp3) is 0.538. The lowest BCUT2D eigenvalue weighted by atomic mass is 9.77. The maximum absolute atomic E-state index is 3.65. The third-order valence-electron chi connectivity index (χ3n) is 2.38. The summed E-state index contributed by atoms with van der Waals surface area (Å²) in [6, 6.07) is 0. The first kappa shape index (κ1) is 10.1. The molecule has 1 aliphatic carbocycles. The molecule has 0 heteroatoms. The van der Waals surface area contributed by atoms with Crippen molar-refractivity contribution in [1.29, 1.82) is 0 Å². The van der Waals surface area contributed by atoms with Gasteiger partial charge in [0.15, 0.2) is 0 Å².